The van der Waals surface area contributed by atoms with Gasteiger partial charge >= 0.3 is 0 Å². The van der Waals surface area contributed by atoms with Gasteiger partial charge in [-0.25, -0.2) is 4.39 Å². The highest BCUT2D eigenvalue weighted by molar-refractivity contribution is 6.02. The van der Waals surface area contributed by atoms with Crippen molar-refractivity contribution in [3.05, 3.63) is 89.5 Å². The Morgan fingerprint density at radius 2 is 1.71 bits per heavy atom. The summed E-state index contributed by atoms with van der Waals surface area (Å²) in [5, 5.41) is 15.4. The molecule has 4 aromatic rings. The average Bonchev–Trinajstić information content (AvgIpc) is 3.32. The lowest BCUT2D eigenvalue weighted by Crippen LogP contribution is -2.50. The number of amides is 2. The van der Waals surface area contributed by atoms with E-state index in [9.17, 15) is 14.0 Å². The Balaban J connectivity index is 1.76. The zero-order valence-corrected chi connectivity index (χ0v) is 22.0. The average molecular weight is 516 g/mol. The number of aryl methyl sites for hydroxylation is 1. The number of anilines is 1. The lowest BCUT2D eigenvalue weighted by molar-refractivity contribution is -0.128. The van der Waals surface area contributed by atoms with E-state index in [1.165, 1.54) is 34.0 Å². The van der Waals surface area contributed by atoms with Gasteiger partial charge in [0.05, 0.1) is 0 Å². The molecule has 2 aromatic heterocycles. The van der Waals surface area contributed by atoms with E-state index in [0.717, 1.165) is 11.1 Å². The number of hydrogen-bond donors (Lipinski definition) is 1. The molecule has 196 valence electrons. The Bertz CT molecular complexity index is 1430. The molecule has 2 heterocycles. The van der Waals surface area contributed by atoms with Crippen LogP contribution in [-0.4, -0.2) is 42.5 Å². The fourth-order valence-corrected chi connectivity index (χ4v) is 4.04. The van der Waals surface area contributed by atoms with Crippen LogP contribution in [0.1, 0.15) is 43.5 Å². The standard InChI is InChI=1S/C28H30FN7O2/c1-18-7-6-8-23(19(18)2)36(25(20-13-15-30-16-14-20)27(38)31-28(3,4)5)24(37)17-35-33-26(32-34-35)21-9-11-22(29)12-10-21/h6-16,25H,17H2,1-5H3,(H,31,38)/t25-/m0/s1. The smallest absolute Gasteiger partial charge is 0.251 e. The van der Waals surface area contributed by atoms with Crippen LogP contribution in [0.4, 0.5) is 10.1 Å². The maximum absolute atomic E-state index is 14.0. The third-order valence-electron chi connectivity index (χ3n) is 5.96. The summed E-state index contributed by atoms with van der Waals surface area (Å²) in [4.78, 5) is 34.5. The summed E-state index contributed by atoms with van der Waals surface area (Å²) < 4.78 is 13.3. The number of rotatable bonds is 7. The van der Waals surface area contributed by atoms with E-state index in [4.69, 9.17) is 0 Å². The maximum Gasteiger partial charge on any atom is 0.251 e. The Labute approximate surface area is 220 Å². The van der Waals surface area contributed by atoms with Crippen molar-refractivity contribution in [2.75, 3.05) is 4.90 Å². The summed E-state index contributed by atoms with van der Waals surface area (Å²) >= 11 is 0. The molecule has 1 atom stereocenters. The highest BCUT2D eigenvalue weighted by Gasteiger charge is 2.35. The molecular formula is C28H30FN7O2. The molecule has 0 unspecified atom stereocenters. The SMILES string of the molecule is Cc1cccc(N(C(=O)Cn2nnc(-c3ccc(F)cc3)n2)[C@H](C(=O)NC(C)(C)C)c2ccncc2)c1C. The molecule has 0 bridgehead atoms. The minimum atomic E-state index is -0.981. The second-order valence-corrected chi connectivity index (χ2v) is 10.1. The molecule has 0 fully saturated rings. The first-order chi connectivity index (χ1) is 18.0. The van der Waals surface area contributed by atoms with E-state index in [1.54, 1.807) is 24.5 Å². The van der Waals surface area contributed by atoms with Crippen molar-refractivity contribution in [3.63, 3.8) is 0 Å². The molecule has 10 heteroatoms. The highest BCUT2D eigenvalue weighted by atomic mass is 19.1. The normalized spacial score (nSPS) is 12.2. The van der Waals surface area contributed by atoms with Crippen molar-refractivity contribution in [2.24, 2.45) is 0 Å². The Hall–Kier alpha value is -4.47. The third kappa shape index (κ3) is 6.08. The Morgan fingerprint density at radius 3 is 2.37 bits per heavy atom. The van der Waals surface area contributed by atoms with E-state index in [-0.39, 0.29) is 24.1 Å². The molecule has 4 rings (SSSR count). The van der Waals surface area contributed by atoms with Crippen LogP contribution >= 0.6 is 0 Å². The molecule has 0 aliphatic rings. The lowest BCUT2D eigenvalue weighted by atomic mass is 9.99. The van der Waals surface area contributed by atoms with Crippen LogP contribution < -0.4 is 10.2 Å². The van der Waals surface area contributed by atoms with Crippen molar-refractivity contribution in [1.29, 1.82) is 0 Å². The lowest BCUT2D eigenvalue weighted by Gasteiger charge is -2.34. The third-order valence-corrected chi connectivity index (χ3v) is 5.96. The minimum absolute atomic E-state index is 0.257. The van der Waals surface area contributed by atoms with Gasteiger partial charge in [-0.3, -0.25) is 19.5 Å². The van der Waals surface area contributed by atoms with Crippen molar-refractivity contribution in [3.8, 4) is 11.4 Å². The number of nitrogens with zero attached hydrogens (tertiary/aromatic N) is 6. The van der Waals surface area contributed by atoms with E-state index in [0.29, 0.717) is 16.8 Å². The first-order valence-electron chi connectivity index (χ1n) is 12.2. The first kappa shape index (κ1) is 26.6. The van der Waals surface area contributed by atoms with Gasteiger partial charge in [-0.1, -0.05) is 12.1 Å². The number of pyridine rings is 1. The second-order valence-electron chi connectivity index (χ2n) is 10.1. The van der Waals surface area contributed by atoms with Gasteiger partial charge in [-0.2, -0.15) is 4.80 Å². The Morgan fingerprint density at radius 1 is 1.03 bits per heavy atom. The predicted molar refractivity (Wildman–Crippen MR) is 141 cm³/mol. The van der Waals surface area contributed by atoms with Crippen molar-refractivity contribution in [1.82, 2.24) is 30.5 Å². The number of nitrogens with one attached hydrogen (secondary N) is 1. The van der Waals surface area contributed by atoms with E-state index >= 15 is 0 Å². The number of tetrazole rings is 1. The molecule has 0 aliphatic heterocycles. The van der Waals surface area contributed by atoms with Gasteiger partial charge in [0.1, 0.15) is 18.4 Å². The molecule has 0 spiro atoms. The van der Waals surface area contributed by atoms with Gasteiger partial charge < -0.3 is 5.32 Å². The van der Waals surface area contributed by atoms with E-state index in [2.05, 4.69) is 25.7 Å². The molecule has 2 aromatic carbocycles. The van der Waals surface area contributed by atoms with Crippen LogP contribution in [0.3, 0.4) is 0 Å². The number of carbonyl (C=O) groups is 2. The fourth-order valence-electron chi connectivity index (χ4n) is 4.04. The number of carbonyl (C=O) groups excluding carboxylic acids is 2. The summed E-state index contributed by atoms with van der Waals surface area (Å²) in [6.07, 6.45) is 3.18. The molecule has 0 aliphatic carbocycles. The first-order valence-corrected chi connectivity index (χ1v) is 12.2. The van der Waals surface area contributed by atoms with Crippen LogP contribution in [0.2, 0.25) is 0 Å². The number of halogens is 1. The number of aromatic nitrogens is 5. The monoisotopic (exact) mass is 515 g/mol. The second kappa shape index (κ2) is 10.9. The molecule has 38 heavy (non-hydrogen) atoms. The van der Waals surface area contributed by atoms with Crippen molar-refractivity contribution >= 4 is 17.5 Å². The zero-order chi connectivity index (χ0) is 27.4. The van der Waals surface area contributed by atoms with Gasteiger partial charge in [0.2, 0.25) is 11.7 Å². The molecule has 1 N–H and O–H groups in total. The van der Waals surface area contributed by atoms with Crippen LogP contribution in [0.15, 0.2) is 67.0 Å². The summed E-state index contributed by atoms with van der Waals surface area (Å²) in [5.74, 6) is -0.868. The molecule has 2 amide bonds. The van der Waals surface area contributed by atoms with Crippen LogP contribution in [-0.2, 0) is 16.1 Å². The van der Waals surface area contributed by atoms with Gasteiger partial charge in [0, 0.05) is 29.2 Å². The summed E-state index contributed by atoms with van der Waals surface area (Å²) in [6.45, 7) is 9.24. The zero-order valence-electron chi connectivity index (χ0n) is 22.0. The highest BCUT2D eigenvalue weighted by Crippen LogP contribution is 2.32. The quantitative estimate of drug-likeness (QED) is 0.396. The van der Waals surface area contributed by atoms with Crippen molar-refractivity contribution < 1.29 is 14.0 Å². The largest absolute Gasteiger partial charge is 0.349 e. The van der Waals surface area contributed by atoms with Gasteiger partial charge in [-0.05, 0) is 99.0 Å². The van der Waals surface area contributed by atoms with Crippen LogP contribution in [0.25, 0.3) is 11.4 Å². The number of benzene rings is 2. The maximum atomic E-state index is 14.0. The summed E-state index contributed by atoms with van der Waals surface area (Å²) in [6, 6.07) is 13.8. The van der Waals surface area contributed by atoms with Gasteiger partial charge in [0.15, 0.2) is 0 Å². The molecule has 0 saturated heterocycles. The van der Waals surface area contributed by atoms with E-state index < -0.39 is 17.5 Å². The minimum Gasteiger partial charge on any atom is -0.349 e. The topological polar surface area (TPSA) is 106 Å². The fraction of sp³-hybridized carbons (Fsp3) is 0.286. The molecule has 9 nitrogen and oxygen atoms in total. The van der Waals surface area contributed by atoms with Gasteiger partial charge in [-0.15, -0.1) is 10.2 Å². The van der Waals surface area contributed by atoms with Crippen LogP contribution in [0, 0.1) is 19.7 Å². The Kier molecular flexibility index (Phi) is 7.61. The molecular weight excluding hydrogens is 485 g/mol. The van der Waals surface area contributed by atoms with E-state index in [1.807, 2.05) is 52.8 Å². The molecule has 0 radical (unpaired) electrons. The summed E-state index contributed by atoms with van der Waals surface area (Å²) in [7, 11) is 0. The van der Waals surface area contributed by atoms with Gasteiger partial charge in [0.25, 0.3) is 5.91 Å². The van der Waals surface area contributed by atoms with Crippen molar-refractivity contribution in [2.45, 2.75) is 52.7 Å². The van der Waals surface area contributed by atoms with Crippen LogP contribution in [0.5, 0.6) is 0 Å². The number of hydrogen-bond acceptors (Lipinski definition) is 6. The predicted octanol–water partition coefficient (Wildman–Crippen LogP) is 4.18. The summed E-state index contributed by atoms with van der Waals surface area (Å²) in [5.41, 5.74) is 3.07. The molecule has 0 saturated carbocycles.